The molecule has 0 aliphatic carbocycles. The van der Waals surface area contributed by atoms with E-state index in [2.05, 4.69) is 21.4 Å². The van der Waals surface area contributed by atoms with E-state index in [1.165, 1.54) is 5.56 Å². The van der Waals surface area contributed by atoms with Crippen LogP contribution in [0.25, 0.3) is 0 Å². The second-order valence-electron chi connectivity index (χ2n) is 4.53. The number of hydrazine groups is 1. The highest BCUT2D eigenvalue weighted by molar-refractivity contribution is 9.10. The number of rotatable bonds is 5. The predicted molar refractivity (Wildman–Crippen MR) is 90.6 cm³/mol. The van der Waals surface area contributed by atoms with Gasteiger partial charge in [0.1, 0.15) is 0 Å². The van der Waals surface area contributed by atoms with Crippen LogP contribution in [0, 0.1) is 0 Å². The van der Waals surface area contributed by atoms with Crippen LogP contribution in [0.3, 0.4) is 0 Å². The Morgan fingerprint density at radius 1 is 1.14 bits per heavy atom. The number of carbonyl (C=O) groups excluding carboxylic acids is 1. The number of halogens is 1. The molecule has 0 saturated carbocycles. The highest BCUT2D eigenvalue weighted by Gasteiger charge is 2.04. The lowest BCUT2D eigenvalue weighted by Crippen LogP contribution is -2.31. The monoisotopic (exact) mass is 365 g/mol. The summed E-state index contributed by atoms with van der Waals surface area (Å²) in [6.45, 7) is 0. The fourth-order valence-corrected chi connectivity index (χ4v) is 3.08. The Bertz CT molecular complexity index is 631. The third-order valence-corrected chi connectivity index (χ3v) is 4.57. The number of benzene rings is 2. The maximum atomic E-state index is 11.2. The van der Waals surface area contributed by atoms with Crippen LogP contribution in [0.4, 0.5) is 5.69 Å². The summed E-state index contributed by atoms with van der Waals surface area (Å²) in [4.78, 5) is 12.2. The van der Waals surface area contributed by atoms with Crippen LogP contribution >= 0.6 is 27.7 Å². The number of nitrogens with one attached hydrogen (secondary N) is 1. The molecule has 21 heavy (non-hydrogen) atoms. The van der Waals surface area contributed by atoms with Crippen molar-refractivity contribution in [1.82, 2.24) is 5.43 Å². The average Bonchev–Trinajstić information content (AvgIpc) is 2.48. The molecular weight excluding hydrogens is 350 g/mol. The zero-order valence-corrected chi connectivity index (χ0v) is 13.7. The van der Waals surface area contributed by atoms with Crippen LogP contribution in [-0.4, -0.2) is 5.91 Å². The summed E-state index contributed by atoms with van der Waals surface area (Å²) in [6, 6.07) is 13.8. The third-order valence-electron chi connectivity index (χ3n) is 2.91. The van der Waals surface area contributed by atoms with Crippen molar-refractivity contribution in [2.24, 2.45) is 5.84 Å². The van der Waals surface area contributed by atoms with Crippen molar-refractivity contribution in [3.63, 3.8) is 0 Å². The first-order chi connectivity index (χ1) is 10.1. The Morgan fingerprint density at radius 2 is 1.81 bits per heavy atom. The molecule has 0 aliphatic rings. The number of nitrogen functional groups attached to an aromatic ring is 1. The van der Waals surface area contributed by atoms with Gasteiger partial charge in [0.15, 0.2) is 0 Å². The highest BCUT2D eigenvalue weighted by atomic mass is 79.9. The standard InChI is InChI=1S/C15H16BrN3OS/c16-12-5-6-14(13(17)8-12)21-9-11-3-1-10(2-4-11)7-15(20)19-18/h1-6,8H,7,9,17-18H2,(H,19,20). The van der Waals surface area contributed by atoms with Crippen LogP contribution in [-0.2, 0) is 17.0 Å². The summed E-state index contributed by atoms with van der Waals surface area (Å²) >= 11 is 5.08. The van der Waals surface area contributed by atoms with Crippen LogP contribution in [0.1, 0.15) is 11.1 Å². The molecule has 0 heterocycles. The summed E-state index contributed by atoms with van der Waals surface area (Å²) in [6.07, 6.45) is 0.295. The molecule has 5 N–H and O–H groups in total. The fraction of sp³-hybridized carbons (Fsp3) is 0.133. The largest absolute Gasteiger partial charge is 0.398 e. The molecule has 0 saturated heterocycles. The van der Waals surface area contributed by atoms with Crippen LogP contribution in [0.15, 0.2) is 51.8 Å². The number of carbonyl (C=O) groups is 1. The summed E-state index contributed by atoms with van der Waals surface area (Å²) < 4.78 is 0.979. The van der Waals surface area contributed by atoms with E-state index in [0.717, 1.165) is 26.4 Å². The molecule has 0 aromatic heterocycles. The number of amides is 1. The quantitative estimate of drug-likeness (QED) is 0.250. The van der Waals surface area contributed by atoms with E-state index in [1.54, 1.807) is 11.8 Å². The molecule has 2 aromatic carbocycles. The number of hydrogen-bond acceptors (Lipinski definition) is 4. The average molecular weight is 366 g/mol. The molecule has 0 atom stereocenters. The van der Waals surface area contributed by atoms with Gasteiger partial charge in [0.25, 0.3) is 0 Å². The van der Waals surface area contributed by atoms with E-state index in [-0.39, 0.29) is 5.91 Å². The molecule has 0 radical (unpaired) electrons. The third kappa shape index (κ3) is 4.77. The molecule has 4 nitrogen and oxygen atoms in total. The Kier molecular flexibility index (Phi) is 5.67. The number of anilines is 1. The van der Waals surface area contributed by atoms with Gasteiger partial charge in [0.05, 0.1) is 6.42 Å². The van der Waals surface area contributed by atoms with Crippen molar-refractivity contribution in [2.45, 2.75) is 17.1 Å². The van der Waals surface area contributed by atoms with Gasteiger partial charge in [-0.3, -0.25) is 10.2 Å². The minimum atomic E-state index is -0.195. The molecule has 110 valence electrons. The molecule has 0 spiro atoms. The molecule has 0 unspecified atom stereocenters. The van der Waals surface area contributed by atoms with Gasteiger partial charge in [-0.25, -0.2) is 5.84 Å². The van der Waals surface area contributed by atoms with E-state index >= 15 is 0 Å². The van der Waals surface area contributed by atoms with Gasteiger partial charge in [0, 0.05) is 20.8 Å². The predicted octanol–water partition coefficient (Wildman–Crippen LogP) is 2.86. The van der Waals surface area contributed by atoms with Crippen LogP contribution in [0.2, 0.25) is 0 Å². The molecule has 0 aliphatic heterocycles. The summed E-state index contributed by atoms with van der Waals surface area (Å²) in [5.41, 5.74) is 11.0. The van der Waals surface area contributed by atoms with E-state index in [1.807, 2.05) is 42.5 Å². The van der Waals surface area contributed by atoms with E-state index < -0.39 is 0 Å². The van der Waals surface area contributed by atoms with E-state index in [9.17, 15) is 4.79 Å². The number of hydrogen-bond donors (Lipinski definition) is 3. The normalized spacial score (nSPS) is 10.4. The first-order valence-electron chi connectivity index (χ1n) is 6.33. The first-order valence-corrected chi connectivity index (χ1v) is 8.11. The molecule has 0 bridgehead atoms. The van der Waals surface area contributed by atoms with Crippen LogP contribution < -0.4 is 17.0 Å². The summed E-state index contributed by atoms with van der Waals surface area (Å²) in [7, 11) is 0. The van der Waals surface area contributed by atoms with Crippen LogP contribution in [0.5, 0.6) is 0 Å². The Labute approximate surface area is 136 Å². The Balaban J connectivity index is 1.96. The topological polar surface area (TPSA) is 81.1 Å². The zero-order chi connectivity index (χ0) is 15.2. The molecule has 6 heteroatoms. The SMILES string of the molecule is NNC(=O)Cc1ccc(CSc2ccc(Br)cc2N)cc1. The van der Waals surface area contributed by atoms with Gasteiger partial charge in [-0.05, 0) is 29.3 Å². The number of thioether (sulfide) groups is 1. The first kappa shape index (κ1) is 15.9. The lowest BCUT2D eigenvalue weighted by Gasteiger charge is -2.07. The summed E-state index contributed by atoms with van der Waals surface area (Å²) in [5, 5.41) is 0. The highest BCUT2D eigenvalue weighted by Crippen LogP contribution is 2.30. The molecule has 0 fully saturated rings. The van der Waals surface area contributed by atoms with Crippen molar-refractivity contribution in [3.05, 3.63) is 58.1 Å². The number of nitrogens with two attached hydrogens (primary N) is 2. The fourth-order valence-electron chi connectivity index (χ4n) is 1.80. The van der Waals surface area contributed by atoms with Crippen molar-refractivity contribution in [3.8, 4) is 0 Å². The Morgan fingerprint density at radius 3 is 2.43 bits per heavy atom. The minimum Gasteiger partial charge on any atom is -0.398 e. The maximum Gasteiger partial charge on any atom is 0.238 e. The van der Waals surface area contributed by atoms with Gasteiger partial charge in [-0.2, -0.15) is 0 Å². The van der Waals surface area contributed by atoms with Crippen molar-refractivity contribution in [2.75, 3.05) is 5.73 Å². The molecular formula is C15H16BrN3OS. The lowest BCUT2D eigenvalue weighted by molar-refractivity contribution is -0.120. The van der Waals surface area contributed by atoms with Gasteiger partial charge in [-0.15, -0.1) is 11.8 Å². The van der Waals surface area contributed by atoms with Crippen molar-refractivity contribution >= 4 is 39.3 Å². The molecule has 1 amide bonds. The zero-order valence-electron chi connectivity index (χ0n) is 11.3. The van der Waals surface area contributed by atoms with E-state index in [4.69, 9.17) is 11.6 Å². The van der Waals surface area contributed by atoms with Gasteiger partial charge in [-0.1, -0.05) is 40.2 Å². The second kappa shape index (κ2) is 7.49. The van der Waals surface area contributed by atoms with Gasteiger partial charge >= 0.3 is 0 Å². The molecule has 2 aromatic rings. The minimum absolute atomic E-state index is 0.195. The maximum absolute atomic E-state index is 11.2. The lowest BCUT2D eigenvalue weighted by atomic mass is 10.1. The van der Waals surface area contributed by atoms with E-state index in [0.29, 0.717) is 6.42 Å². The molecule has 2 rings (SSSR count). The Hall–Kier alpha value is -1.50. The van der Waals surface area contributed by atoms with Gasteiger partial charge < -0.3 is 5.73 Å². The smallest absolute Gasteiger partial charge is 0.238 e. The van der Waals surface area contributed by atoms with Crippen molar-refractivity contribution in [1.29, 1.82) is 0 Å². The summed E-state index contributed by atoms with van der Waals surface area (Å²) in [5.74, 6) is 5.70. The van der Waals surface area contributed by atoms with Crippen molar-refractivity contribution < 1.29 is 4.79 Å². The second-order valence-corrected chi connectivity index (χ2v) is 6.46. The van der Waals surface area contributed by atoms with Gasteiger partial charge in [0.2, 0.25) is 5.91 Å².